The monoisotopic (exact) mass is 419 g/mol. The van der Waals surface area contributed by atoms with Crippen LogP contribution < -0.4 is 0 Å². The van der Waals surface area contributed by atoms with Crippen LogP contribution in [-0.2, 0) is 6.42 Å². The van der Waals surface area contributed by atoms with Crippen LogP contribution in [0.1, 0.15) is 48.1 Å². The van der Waals surface area contributed by atoms with Gasteiger partial charge in [0.2, 0.25) is 0 Å². The van der Waals surface area contributed by atoms with E-state index in [-0.39, 0.29) is 6.04 Å². The Labute approximate surface area is 175 Å². The summed E-state index contributed by atoms with van der Waals surface area (Å²) in [5.41, 5.74) is 5.60. The van der Waals surface area contributed by atoms with E-state index in [4.69, 9.17) is 28.3 Å². The average Bonchev–Trinajstić information content (AvgIpc) is 2.82. The lowest BCUT2D eigenvalue weighted by molar-refractivity contribution is 0.489. The maximum absolute atomic E-state index is 6.20. The molecule has 0 aliphatic rings. The van der Waals surface area contributed by atoms with Gasteiger partial charge >= 0.3 is 0 Å². The van der Waals surface area contributed by atoms with Gasteiger partial charge in [-0.2, -0.15) is 5.10 Å². The molecule has 142 valence electrons. The van der Waals surface area contributed by atoms with Gasteiger partial charge in [0.25, 0.3) is 0 Å². The van der Waals surface area contributed by atoms with Crippen molar-refractivity contribution in [1.29, 1.82) is 0 Å². The fourth-order valence-corrected chi connectivity index (χ4v) is 5.09. The second-order valence-corrected chi connectivity index (χ2v) is 8.98. The number of nitrogens with zero attached hydrogens (tertiary/aromatic N) is 3. The van der Waals surface area contributed by atoms with E-state index in [0.717, 1.165) is 33.4 Å². The van der Waals surface area contributed by atoms with E-state index in [1.807, 2.05) is 26.0 Å². The van der Waals surface area contributed by atoms with Crippen LogP contribution in [0.5, 0.6) is 0 Å². The Morgan fingerprint density at radius 1 is 0.963 bits per heavy atom. The van der Waals surface area contributed by atoms with Gasteiger partial charge in [-0.15, -0.1) is 0 Å². The molecular weight excluding hydrogens is 397 g/mol. The van der Waals surface area contributed by atoms with Crippen molar-refractivity contribution < 1.29 is 0 Å². The van der Waals surface area contributed by atoms with E-state index < -0.39 is 0 Å². The molecule has 0 saturated heterocycles. The van der Waals surface area contributed by atoms with Crippen molar-refractivity contribution in [1.82, 2.24) is 14.8 Å². The third kappa shape index (κ3) is 4.87. The molecule has 0 atom stereocenters. The van der Waals surface area contributed by atoms with Gasteiger partial charge < -0.3 is 0 Å². The summed E-state index contributed by atoms with van der Waals surface area (Å²) in [7, 11) is 0. The van der Waals surface area contributed by atoms with Crippen molar-refractivity contribution in [2.24, 2.45) is 0 Å². The highest BCUT2D eigenvalue weighted by Gasteiger charge is 2.19. The molecule has 2 heterocycles. The van der Waals surface area contributed by atoms with Crippen LogP contribution in [0, 0.1) is 20.8 Å². The summed E-state index contributed by atoms with van der Waals surface area (Å²) >= 11 is 14.1. The Morgan fingerprint density at radius 3 is 2.11 bits per heavy atom. The van der Waals surface area contributed by atoms with Crippen LogP contribution in [0.25, 0.3) is 0 Å². The largest absolute Gasteiger partial charge is 0.258 e. The third-order valence-electron chi connectivity index (χ3n) is 4.22. The Morgan fingerprint density at radius 2 is 1.56 bits per heavy atom. The number of rotatable bonds is 5. The molecule has 0 saturated carbocycles. The second-order valence-electron chi connectivity index (χ2n) is 7.05. The molecule has 3 aromatic rings. The first-order valence-corrected chi connectivity index (χ1v) is 10.5. The zero-order valence-corrected chi connectivity index (χ0v) is 18.5. The fraction of sp³-hybridized carbons (Fsp3) is 0.333. The van der Waals surface area contributed by atoms with Crippen molar-refractivity contribution in [3.8, 4) is 0 Å². The summed E-state index contributed by atoms with van der Waals surface area (Å²) in [5.74, 6) is 0. The second kappa shape index (κ2) is 8.26. The number of hydrogen-bond acceptors (Lipinski definition) is 3. The lowest BCUT2D eigenvalue weighted by atomic mass is 10.1. The molecule has 3 nitrogen and oxygen atoms in total. The highest BCUT2D eigenvalue weighted by atomic mass is 35.5. The predicted molar refractivity (Wildman–Crippen MR) is 114 cm³/mol. The highest BCUT2D eigenvalue weighted by Crippen LogP contribution is 2.37. The van der Waals surface area contributed by atoms with E-state index in [1.165, 1.54) is 11.1 Å². The Hall–Kier alpha value is -1.49. The molecule has 0 N–H and O–H groups in total. The normalized spacial score (nSPS) is 11.4. The van der Waals surface area contributed by atoms with E-state index in [9.17, 15) is 0 Å². The summed E-state index contributed by atoms with van der Waals surface area (Å²) in [5, 5.41) is 7.22. The summed E-state index contributed by atoms with van der Waals surface area (Å²) in [6.45, 7) is 10.4. The SMILES string of the molecule is Cc1cc(Cc2c(C)nn(C(C)C)c2Sc2cc(Cl)cc(Cl)c2)cc(C)n1. The Balaban J connectivity index is 2.05. The maximum atomic E-state index is 6.20. The van der Waals surface area contributed by atoms with Crippen LogP contribution in [0.4, 0.5) is 0 Å². The summed E-state index contributed by atoms with van der Waals surface area (Å²) < 4.78 is 2.09. The predicted octanol–water partition coefficient (Wildman–Crippen LogP) is 6.83. The van der Waals surface area contributed by atoms with Crippen molar-refractivity contribution in [3.05, 3.63) is 68.6 Å². The van der Waals surface area contributed by atoms with Crippen molar-refractivity contribution in [3.63, 3.8) is 0 Å². The first-order valence-electron chi connectivity index (χ1n) is 8.89. The van der Waals surface area contributed by atoms with Gasteiger partial charge in [0.15, 0.2) is 0 Å². The zero-order valence-electron chi connectivity index (χ0n) is 16.2. The van der Waals surface area contributed by atoms with Gasteiger partial charge in [-0.05, 0) is 70.5 Å². The molecule has 0 fully saturated rings. The Bertz CT molecular complexity index is 939. The first kappa shape index (κ1) is 20.2. The summed E-state index contributed by atoms with van der Waals surface area (Å²) in [6.07, 6.45) is 0.819. The number of aryl methyl sites for hydroxylation is 3. The molecule has 0 spiro atoms. The molecule has 0 radical (unpaired) electrons. The van der Waals surface area contributed by atoms with Gasteiger partial charge in [-0.3, -0.25) is 9.67 Å². The van der Waals surface area contributed by atoms with Gasteiger partial charge in [0, 0.05) is 44.4 Å². The molecule has 1 aromatic carbocycles. The first-order chi connectivity index (χ1) is 12.7. The summed E-state index contributed by atoms with van der Waals surface area (Å²) in [4.78, 5) is 5.50. The van der Waals surface area contributed by atoms with Gasteiger partial charge in [0.05, 0.1) is 5.69 Å². The lowest BCUT2D eigenvalue weighted by Crippen LogP contribution is -2.05. The van der Waals surface area contributed by atoms with Crippen LogP contribution in [0.2, 0.25) is 10.0 Å². The minimum absolute atomic E-state index is 0.260. The smallest absolute Gasteiger partial charge is 0.103 e. The molecule has 0 unspecified atom stereocenters. The Kier molecular flexibility index (Phi) is 6.19. The van der Waals surface area contributed by atoms with Gasteiger partial charge in [0.1, 0.15) is 5.03 Å². The van der Waals surface area contributed by atoms with Crippen LogP contribution in [-0.4, -0.2) is 14.8 Å². The number of aromatic nitrogens is 3. The van der Waals surface area contributed by atoms with E-state index >= 15 is 0 Å². The van der Waals surface area contributed by atoms with E-state index in [2.05, 4.69) is 42.6 Å². The van der Waals surface area contributed by atoms with Gasteiger partial charge in [-0.1, -0.05) is 35.0 Å². The third-order valence-corrected chi connectivity index (χ3v) is 5.76. The van der Waals surface area contributed by atoms with Crippen LogP contribution in [0.15, 0.2) is 40.3 Å². The van der Waals surface area contributed by atoms with Crippen molar-refractivity contribution in [2.75, 3.05) is 0 Å². The highest BCUT2D eigenvalue weighted by molar-refractivity contribution is 7.99. The minimum atomic E-state index is 0.260. The number of pyridine rings is 1. The molecule has 0 amide bonds. The van der Waals surface area contributed by atoms with Crippen LogP contribution >= 0.6 is 35.0 Å². The molecule has 0 bridgehead atoms. The lowest BCUT2D eigenvalue weighted by Gasteiger charge is -2.13. The zero-order chi connectivity index (χ0) is 19.7. The molecule has 0 aliphatic carbocycles. The summed E-state index contributed by atoms with van der Waals surface area (Å²) in [6, 6.07) is 10.2. The van der Waals surface area contributed by atoms with E-state index in [1.54, 1.807) is 17.8 Å². The number of hydrogen-bond donors (Lipinski definition) is 0. The molecule has 0 aliphatic heterocycles. The minimum Gasteiger partial charge on any atom is -0.258 e. The number of halogens is 2. The standard InChI is InChI=1S/C21H23Cl2N3S/c1-12(2)26-21(27-19-10-17(22)9-18(23)11-19)20(15(5)25-26)8-16-6-13(3)24-14(4)7-16/h6-7,9-12H,8H2,1-5H3. The van der Waals surface area contributed by atoms with Gasteiger partial charge in [-0.25, -0.2) is 0 Å². The molecular formula is C21H23Cl2N3S. The topological polar surface area (TPSA) is 30.7 Å². The van der Waals surface area contributed by atoms with Crippen LogP contribution in [0.3, 0.4) is 0 Å². The maximum Gasteiger partial charge on any atom is 0.103 e. The molecule has 2 aromatic heterocycles. The molecule has 3 rings (SSSR count). The fourth-order valence-electron chi connectivity index (χ4n) is 3.15. The van der Waals surface area contributed by atoms with Crippen molar-refractivity contribution >= 4 is 35.0 Å². The molecule has 6 heteroatoms. The van der Waals surface area contributed by atoms with Crippen molar-refractivity contribution in [2.45, 2.75) is 57.0 Å². The number of benzene rings is 1. The quantitative estimate of drug-likeness (QED) is 0.453. The van der Waals surface area contributed by atoms with E-state index in [0.29, 0.717) is 10.0 Å². The molecule has 27 heavy (non-hydrogen) atoms. The average molecular weight is 420 g/mol.